The van der Waals surface area contributed by atoms with Crippen molar-refractivity contribution < 1.29 is 24.2 Å². The minimum absolute atomic E-state index is 0.331. The lowest BCUT2D eigenvalue weighted by molar-refractivity contribution is -0.138. The molecule has 27 heavy (non-hydrogen) atoms. The summed E-state index contributed by atoms with van der Waals surface area (Å²) in [6, 6.07) is 22.0. The van der Waals surface area contributed by atoms with Crippen LogP contribution in [-0.2, 0) is 4.79 Å². The first-order valence-electron chi connectivity index (χ1n) is 8.26. The molecule has 2 N–H and O–H groups in total. The summed E-state index contributed by atoms with van der Waals surface area (Å²) in [5.41, 5.74) is 2.07. The van der Waals surface area contributed by atoms with Gasteiger partial charge in [-0.25, -0.2) is 9.18 Å². The van der Waals surface area contributed by atoms with Crippen molar-refractivity contribution in [3.8, 4) is 11.1 Å². The highest BCUT2D eigenvalue weighted by atomic mass is 19.1. The van der Waals surface area contributed by atoms with E-state index in [0.29, 0.717) is 16.7 Å². The van der Waals surface area contributed by atoms with Gasteiger partial charge in [0.25, 0.3) is 0 Å². The van der Waals surface area contributed by atoms with E-state index in [1.165, 1.54) is 6.07 Å². The van der Waals surface area contributed by atoms with E-state index in [-0.39, 0.29) is 0 Å². The van der Waals surface area contributed by atoms with Gasteiger partial charge in [0.05, 0.1) is 11.5 Å². The zero-order valence-electron chi connectivity index (χ0n) is 14.7. The summed E-state index contributed by atoms with van der Waals surface area (Å²) in [4.78, 5) is 21.0. The number of halogens is 1. The summed E-state index contributed by atoms with van der Waals surface area (Å²) in [6.45, 7) is 1.54. The maximum absolute atomic E-state index is 14.0. The third-order valence-corrected chi connectivity index (χ3v) is 3.97. The van der Waals surface area contributed by atoms with Crippen LogP contribution in [0.25, 0.3) is 11.1 Å². The normalized spacial score (nSPS) is 11.0. The molecule has 0 aliphatic carbocycles. The average molecular weight is 366 g/mol. The summed E-state index contributed by atoms with van der Waals surface area (Å²) >= 11 is 0. The number of carboxylic acids is 2. The van der Waals surface area contributed by atoms with Gasteiger partial charge in [-0.1, -0.05) is 60.7 Å². The van der Waals surface area contributed by atoms with Crippen molar-refractivity contribution in [1.29, 1.82) is 0 Å². The Morgan fingerprint density at radius 3 is 1.85 bits per heavy atom. The second kappa shape index (κ2) is 9.29. The third-order valence-electron chi connectivity index (χ3n) is 3.97. The fourth-order valence-corrected chi connectivity index (χ4v) is 2.38. The molecule has 0 saturated carbocycles. The van der Waals surface area contributed by atoms with Crippen molar-refractivity contribution >= 4 is 11.9 Å². The number of rotatable bonds is 4. The van der Waals surface area contributed by atoms with Gasteiger partial charge in [0.2, 0.25) is 0 Å². The molecular weight excluding hydrogens is 347 g/mol. The molecule has 3 aromatic carbocycles. The molecule has 1 unspecified atom stereocenters. The molecule has 138 valence electrons. The smallest absolute Gasteiger partial charge is 0.335 e. The Bertz CT molecular complexity index is 908. The van der Waals surface area contributed by atoms with Crippen molar-refractivity contribution in [2.75, 3.05) is 0 Å². The number of carboxylic acid groups (broad SMARTS) is 2. The Hall–Kier alpha value is -3.47. The van der Waals surface area contributed by atoms with E-state index in [9.17, 15) is 14.0 Å². The molecule has 0 saturated heterocycles. The summed E-state index contributed by atoms with van der Waals surface area (Å²) in [6.07, 6.45) is 0. The molecule has 0 amide bonds. The SMILES string of the molecule is CC(C(=O)O)c1ccc(-c2ccccc2)c(F)c1.O=C(O)c1ccccc1. The van der Waals surface area contributed by atoms with E-state index in [0.717, 1.165) is 5.56 Å². The molecule has 0 heterocycles. The molecule has 1 atom stereocenters. The quantitative estimate of drug-likeness (QED) is 0.676. The highest BCUT2D eigenvalue weighted by molar-refractivity contribution is 5.87. The van der Waals surface area contributed by atoms with E-state index in [4.69, 9.17) is 10.2 Å². The highest BCUT2D eigenvalue weighted by Crippen LogP contribution is 2.26. The van der Waals surface area contributed by atoms with Crippen LogP contribution < -0.4 is 0 Å². The van der Waals surface area contributed by atoms with E-state index in [2.05, 4.69) is 0 Å². The van der Waals surface area contributed by atoms with Gasteiger partial charge in [0, 0.05) is 5.56 Å². The number of hydrogen-bond acceptors (Lipinski definition) is 2. The standard InChI is InChI=1S/C15H13FO2.C7H6O2/c1-10(15(17)18)12-7-8-13(14(16)9-12)11-5-3-2-4-6-11;8-7(9)6-4-2-1-3-5-6/h2-10H,1H3,(H,17,18);1-5H,(H,8,9). The maximum atomic E-state index is 14.0. The zero-order valence-corrected chi connectivity index (χ0v) is 14.7. The third kappa shape index (κ3) is 5.51. The highest BCUT2D eigenvalue weighted by Gasteiger charge is 2.15. The molecule has 0 aromatic heterocycles. The zero-order chi connectivity index (χ0) is 19.8. The minimum atomic E-state index is -0.957. The predicted molar refractivity (Wildman–Crippen MR) is 101 cm³/mol. The van der Waals surface area contributed by atoms with Crippen molar-refractivity contribution in [3.63, 3.8) is 0 Å². The molecule has 3 rings (SSSR count). The van der Waals surface area contributed by atoms with E-state index in [1.807, 2.05) is 30.3 Å². The predicted octanol–water partition coefficient (Wildman–Crippen LogP) is 5.07. The molecule has 0 spiro atoms. The van der Waals surface area contributed by atoms with Crippen LogP contribution in [0, 0.1) is 5.82 Å². The number of aromatic carboxylic acids is 1. The van der Waals surface area contributed by atoms with E-state index in [1.54, 1.807) is 49.4 Å². The fourth-order valence-electron chi connectivity index (χ4n) is 2.38. The summed E-state index contributed by atoms with van der Waals surface area (Å²) in [5.74, 6) is -2.94. The summed E-state index contributed by atoms with van der Waals surface area (Å²) in [7, 11) is 0. The van der Waals surface area contributed by atoms with E-state index < -0.39 is 23.7 Å². The first-order valence-corrected chi connectivity index (χ1v) is 8.26. The van der Waals surface area contributed by atoms with Gasteiger partial charge in [-0.15, -0.1) is 0 Å². The Balaban J connectivity index is 0.000000244. The Morgan fingerprint density at radius 1 is 0.852 bits per heavy atom. The van der Waals surface area contributed by atoms with Crippen LogP contribution >= 0.6 is 0 Å². The van der Waals surface area contributed by atoms with Gasteiger partial charge in [0.15, 0.2) is 0 Å². The van der Waals surface area contributed by atoms with Crippen molar-refractivity contribution in [2.45, 2.75) is 12.8 Å². The Morgan fingerprint density at radius 2 is 1.41 bits per heavy atom. The molecule has 0 bridgehead atoms. The molecular formula is C22H19FO4. The van der Waals surface area contributed by atoms with Gasteiger partial charge < -0.3 is 10.2 Å². The molecule has 0 radical (unpaired) electrons. The van der Waals surface area contributed by atoms with Crippen LogP contribution in [-0.4, -0.2) is 22.2 Å². The van der Waals surface area contributed by atoms with Crippen LogP contribution in [0.2, 0.25) is 0 Å². The fraction of sp³-hybridized carbons (Fsp3) is 0.0909. The van der Waals surface area contributed by atoms with Gasteiger partial charge in [0.1, 0.15) is 5.82 Å². The van der Waals surface area contributed by atoms with Gasteiger partial charge >= 0.3 is 11.9 Å². The molecule has 0 aliphatic rings. The van der Waals surface area contributed by atoms with Crippen LogP contribution in [0.4, 0.5) is 4.39 Å². The minimum Gasteiger partial charge on any atom is -0.481 e. The van der Waals surface area contributed by atoms with Crippen LogP contribution in [0.1, 0.15) is 28.8 Å². The lowest BCUT2D eigenvalue weighted by Gasteiger charge is -2.09. The van der Waals surface area contributed by atoms with Crippen molar-refractivity contribution in [3.05, 3.63) is 95.8 Å². The van der Waals surface area contributed by atoms with Crippen LogP contribution in [0.3, 0.4) is 0 Å². The Labute approximate surface area is 156 Å². The van der Waals surface area contributed by atoms with Crippen molar-refractivity contribution in [1.82, 2.24) is 0 Å². The maximum Gasteiger partial charge on any atom is 0.335 e. The average Bonchev–Trinajstić information content (AvgIpc) is 2.69. The molecule has 3 aromatic rings. The Kier molecular flexibility index (Phi) is 6.83. The largest absolute Gasteiger partial charge is 0.481 e. The lowest BCUT2D eigenvalue weighted by Crippen LogP contribution is -2.07. The first kappa shape index (κ1) is 19.8. The second-order valence-electron chi connectivity index (χ2n) is 5.84. The van der Waals surface area contributed by atoms with Gasteiger partial charge in [-0.2, -0.15) is 0 Å². The first-order chi connectivity index (χ1) is 12.9. The molecule has 0 fully saturated rings. The molecule has 5 heteroatoms. The number of aliphatic carboxylic acids is 1. The monoisotopic (exact) mass is 366 g/mol. The number of hydrogen-bond donors (Lipinski definition) is 2. The lowest BCUT2D eigenvalue weighted by atomic mass is 9.97. The molecule has 4 nitrogen and oxygen atoms in total. The van der Waals surface area contributed by atoms with Gasteiger partial charge in [-0.05, 0) is 36.2 Å². The second-order valence-corrected chi connectivity index (χ2v) is 5.84. The van der Waals surface area contributed by atoms with Crippen molar-refractivity contribution in [2.24, 2.45) is 0 Å². The van der Waals surface area contributed by atoms with Gasteiger partial charge in [-0.3, -0.25) is 4.79 Å². The summed E-state index contributed by atoms with van der Waals surface area (Å²) < 4.78 is 14.0. The van der Waals surface area contributed by atoms with Crippen LogP contribution in [0.5, 0.6) is 0 Å². The molecule has 0 aliphatic heterocycles. The topological polar surface area (TPSA) is 74.6 Å². The van der Waals surface area contributed by atoms with Crippen LogP contribution in [0.15, 0.2) is 78.9 Å². The summed E-state index contributed by atoms with van der Waals surface area (Å²) in [5, 5.41) is 17.3. The van der Waals surface area contributed by atoms with E-state index >= 15 is 0 Å². The number of carbonyl (C=O) groups is 2. The number of benzene rings is 3.